The summed E-state index contributed by atoms with van der Waals surface area (Å²) in [6.07, 6.45) is 4.54. The number of benzene rings is 1. The van der Waals surface area contributed by atoms with Crippen LogP contribution in [0.25, 0.3) is 0 Å². The van der Waals surface area contributed by atoms with Crippen molar-refractivity contribution in [2.24, 2.45) is 0 Å². The van der Waals surface area contributed by atoms with E-state index in [4.69, 9.17) is 4.74 Å². The lowest BCUT2D eigenvalue weighted by Gasteiger charge is -2.21. The van der Waals surface area contributed by atoms with Gasteiger partial charge in [-0.25, -0.2) is 0 Å². The zero-order chi connectivity index (χ0) is 17.2. The predicted octanol–water partition coefficient (Wildman–Crippen LogP) is 2.56. The Labute approximate surface area is 148 Å². The number of methoxy groups -OCH3 is 1. The molecule has 2 rings (SSSR count). The van der Waals surface area contributed by atoms with E-state index in [0.29, 0.717) is 24.5 Å². The van der Waals surface area contributed by atoms with Crippen LogP contribution in [0.5, 0.6) is 0 Å². The summed E-state index contributed by atoms with van der Waals surface area (Å²) in [4.78, 5) is 27.5. The second-order valence-corrected chi connectivity index (χ2v) is 6.85. The molecule has 0 saturated carbocycles. The molecule has 1 N–H and O–H groups in total. The summed E-state index contributed by atoms with van der Waals surface area (Å²) in [7, 11) is 1.60. The molecule has 5 nitrogen and oxygen atoms in total. The van der Waals surface area contributed by atoms with Crippen molar-refractivity contribution in [2.75, 3.05) is 39.1 Å². The number of rotatable bonds is 7. The largest absolute Gasteiger partial charge is 0.383 e. The Morgan fingerprint density at radius 2 is 1.88 bits per heavy atom. The zero-order valence-electron chi connectivity index (χ0n) is 14.3. The minimum Gasteiger partial charge on any atom is -0.383 e. The first-order chi connectivity index (χ1) is 11.7. The van der Waals surface area contributed by atoms with E-state index in [9.17, 15) is 9.59 Å². The number of hydrogen-bond donors (Lipinski definition) is 1. The number of nitrogens with zero attached hydrogens (tertiary/aromatic N) is 1. The molecule has 0 bridgehead atoms. The third-order valence-corrected chi connectivity index (χ3v) is 5.07. The molecule has 0 radical (unpaired) electrons. The third-order valence-electron chi connectivity index (χ3n) is 4.00. The number of likely N-dealkylation sites (tertiary alicyclic amines) is 1. The van der Waals surface area contributed by atoms with Crippen molar-refractivity contribution < 1.29 is 14.3 Å². The van der Waals surface area contributed by atoms with Gasteiger partial charge in [0.1, 0.15) is 0 Å². The number of ether oxygens (including phenoxy) is 1. The minimum atomic E-state index is -0.0472. The molecule has 1 aromatic rings. The lowest BCUT2D eigenvalue weighted by molar-refractivity contribution is -0.118. The van der Waals surface area contributed by atoms with Crippen molar-refractivity contribution in [1.29, 1.82) is 0 Å². The van der Waals surface area contributed by atoms with Crippen molar-refractivity contribution in [3.8, 4) is 0 Å². The van der Waals surface area contributed by atoms with Crippen LogP contribution in [0, 0.1) is 0 Å². The fraction of sp³-hybridized carbons (Fsp3) is 0.556. The molecule has 1 fully saturated rings. The minimum absolute atomic E-state index is 0.0472. The molecule has 1 aliphatic heterocycles. The predicted molar refractivity (Wildman–Crippen MR) is 96.4 cm³/mol. The molecule has 1 aliphatic rings. The monoisotopic (exact) mass is 350 g/mol. The summed E-state index contributed by atoms with van der Waals surface area (Å²) in [6.45, 7) is 2.66. The normalized spacial score (nSPS) is 15.0. The maximum atomic E-state index is 12.8. The summed E-state index contributed by atoms with van der Waals surface area (Å²) < 4.78 is 4.91. The topological polar surface area (TPSA) is 58.6 Å². The molecule has 24 heavy (non-hydrogen) atoms. The summed E-state index contributed by atoms with van der Waals surface area (Å²) in [5, 5.41) is 2.79. The Bertz CT molecular complexity index is 543. The highest BCUT2D eigenvalue weighted by molar-refractivity contribution is 8.00. The van der Waals surface area contributed by atoms with Gasteiger partial charge in [0.15, 0.2) is 0 Å². The summed E-state index contributed by atoms with van der Waals surface area (Å²) in [5.74, 6) is 0.336. The summed E-state index contributed by atoms with van der Waals surface area (Å²) in [5.41, 5.74) is 0.703. The van der Waals surface area contributed by atoms with Crippen molar-refractivity contribution in [3.05, 3.63) is 29.8 Å². The molecule has 6 heteroatoms. The van der Waals surface area contributed by atoms with Gasteiger partial charge in [0.2, 0.25) is 5.91 Å². The van der Waals surface area contributed by atoms with Crippen molar-refractivity contribution in [2.45, 2.75) is 30.6 Å². The van der Waals surface area contributed by atoms with E-state index in [1.165, 1.54) is 24.6 Å². The van der Waals surface area contributed by atoms with Crippen LogP contribution in [0.1, 0.15) is 36.0 Å². The molecule has 0 unspecified atom stereocenters. The maximum Gasteiger partial charge on any atom is 0.254 e. The molecule has 1 heterocycles. The number of nitrogens with one attached hydrogen (secondary N) is 1. The number of hydrogen-bond acceptors (Lipinski definition) is 4. The Hall–Kier alpha value is -1.53. The van der Waals surface area contributed by atoms with Crippen LogP contribution in [0.3, 0.4) is 0 Å². The van der Waals surface area contributed by atoms with Gasteiger partial charge in [0, 0.05) is 31.6 Å². The summed E-state index contributed by atoms with van der Waals surface area (Å²) in [6, 6.07) is 7.56. The first kappa shape index (κ1) is 18.8. The zero-order valence-corrected chi connectivity index (χ0v) is 15.1. The van der Waals surface area contributed by atoms with E-state index >= 15 is 0 Å². The van der Waals surface area contributed by atoms with E-state index in [-0.39, 0.29) is 11.8 Å². The van der Waals surface area contributed by atoms with E-state index in [1.807, 2.05) is 29.2 Å². The molecule has 0 atom stereocenters. The smallest absolute Gasteiger partial charge is 0.254 e. The van der Waals surface area contributed by atoms with Crippen LogP contribution in [0.2, 0.25) is 0 Å². The van der Waals surface area contributed by atoms with Gasteiger partial charge in [-0.05, 0) is 25.0 Å². The number of amides is 2. The quantitative estimate of drug-likeness (QED) is 0.606. The molecule has 132 valence electrons. The van der Waals surface area contributed by atoms with E-state index in [2.05, 4.69) is 5.32 Å². The van der Waals surface area contributed by atoms with Crippen LogP contribution in [0.15, 0.2) is 29.2 Å². The van der Waals surface area contributed by atoms with Crippen LogP contribution in [0.4, 0.5) is 0 Å². The molecule has 0 spiro atoms. The lowest BCUT2D eigenvalue weighted by Crippen LogP contribution is -2.32. The van der Waals surface area contributed by atoms with Gasteiger partial charge in [0.25, 0.3) is 5.91 Å². The molecular formula is C18H26N2O3S. The number of carbonyl (C=O) groups excluding carboxylic acids is 2. The van der Waals surface area contributed by atoms with Gasteiger partial charge in [-0.3, -0.25) is 9.59 Å². The Morgan fingerprint density at radius 3 is 2.58 bits per heavy atom. The Balaban J connectivity index is 1.96. The van der Waals surface area contributed by atoms with Crippen LogP contribution >= 0.6 is 11.8 Å². The Kier molecular flexibility index (Phi) is 8.12. The fourth-order valence-electron chi connectivity index (χ4n) is 2.70. The van der Waals surface area contributed by atoms with Gasteiger partial charge < -0.3 is 15.0 Å². The van der Waals surface area contributed by atoms with Crippen molar-refractivity contribution in [3.63, 3.8) is 0 Å². The molecular weight excluding hydrogens is 324 g/mol. The highest BCUT2D eigenvalue weighted by Crippen LogP contribution is 2.24. The average Bonchev–Trinajstić information content (AvgIpc) is 2.89. The number of carbonyl (C=O) groups is 2. The van der Waals surface area contributed by atoms with E-state index in [0.717, 1.165) is 30.8 Å². The van der Waals surface area contributed by atoms with Gasteiger partial charge in [-0.15, -0.1) is 11.8 Å². The van der Waals surface area contributed by atoms with Gasteiger partial charge in [-0.2, -0.15) is 0 Å². The Morgan fingerprint density at radius 1 is 1.17 bits per heavy atom. The average molecular weight is 350 g/mol. The van der Waals surface area contributed by atoms with Crippen LogP contribution < -0.4 is 5.32 Å². The molecule has 1 aromatic carbocycles. The summed E-state index contributed by atoms with van der Waals surface area (Å²) >= 11 is 1.41. The molecule has 2 amide bonds. The van der Waals surface area contributed by atoms with Crippen LogP contribution in [-0.4, -0.2) is 55.8 Å². The highest BCUT2D eigenvalue weighted by Gasteiger charge is 2.20. The van der Waals surface area contributed by atoms with Crippen molar-refractivity contribution >= 4 is 23.6 Å². The molecule has 1 saturated heterocycles. The highest BCUT2D eigenvalue weighted by atomic mass is 32.2. The second-order valence-electron chi connectivity index (χ2n) is 5.83. The van der Waals surface area contributed by atoms with E-state index in [1.54, 1.807) is 7.11 Å². The standard InChI is InChI=1S/C18H26N2O3S/c1-23-13-10-19-17(21)14-24-16-9-5-4-8-15(16)18(22)20-11-6-2-3-7-12-20/h4-5,8-9H,2-3,6-7,10-14H2,1H3,(H,19,21). The molecule has 0 aromatic heterocycles. The van der Waals surface area contributed by atoms with Gasteiger partial charge in [-0.1, -0.05) is 25.0 Å². The first-order valence-electron chi connectivity index (χ1n) is 8.49. The van der Waals surface area contributed by atoms with Gasteiger partial charge >= 0.3 is 0 Å². The third kappa shape index (κ3) is 5.83. The number of thioether (sulfide) groups is 1. The first-order valence-corrected chi connectivity index (χ1v) is 9.47. The fourth-order valence-corrected chi connectivity index (χ4v) is 3.57. The lowest BCUT2D eigenvalue weighted by atomic mass is 10.2. The van der Waals surface area contributed by atoms with Crippen LogP contribution in [-0.2, 0) is 9.53 Å². The van der Waals surface area contributed by atoms with Crippen molar-refractivity contribution in [1.82, 2.24) is 10.2 Å². The maximum absolute atomic E-state index is 12.8. The second kappa shape index (κ2) is 10.4. The van der Waals surface area contributed by atoms with Gasteiger partial charge in [0.05, 0.1) is 17.9 Å². The molecule has 0 aliphatic carbocycles. The SMILES string of the molecule is COCCNC(=O)CSc1ccccc1C(=O)N1CCCCCC1. The van der Waals surface area contributed by atoms with E-state index < -0.39 is 0 Å².